The fourth-order valence-corrected chi connectivity index (χ4v) is 1.83. The number of hydrogen-bond donors (Lipinski definition) is 0. The quantitative estimate of drug-likeness (QED) is 0.795. The molecule has 1 amide bonds. The van der Waals surface area contributed by atoms with E-state index in [-0.39, 0.29) is 17.2 Å². The van der Waals surface area contributed by atoms with Crippen LogP contribution in [0.3, 0.4) is 0 Å². The molecule has 0 spiro atoms. The minimum absolute atomic E-state index is 0.0811. The Bertz CT molecular complexity index is 331. The van der Waals surface area contributed by atoms with Gasteiger partial charge in [-0.15, -0.1) is 0 Å². The summed E-state index contributed by atoms with van der Waals surface area (Å²) in [6.07, 6.45) is 3.30. The van der Waals surface area contributed by atoms with Gasteiger partial charge in [0.05, 0.1) is 11.8 Å². The number of furan rings is 1. The van der Waals surface area contributed by atoms with Crippen LogP contribution in [0.1, 0.15) is 37.0 Å². The van der Waals surface area contributed by atoms with Crippen LogP contribution in [0.4, 0.5) is 0 Å². The molecule has 0 aliphatic rings. The van der Waals surface area contributed by atoms with Gasteiger partial charge < -0.3 is 9.32 Å². The summed E-state index contributed by atoms with van der Waals surface area (Å²) in [5.74, 6) is -0.0811. The van der Waals surface area contributed by atoms with Crippen molar-refractivity contribution in [2.24, 2.45) is 0 Å². The van der Waals surface area contributed by atoms with Gasteiger partial charge in [-0.25, -0.2) is 0 Å². The molecule has 0 aromatic carbocycles. The topological polar surface area (TPSA) is 33.5 Å². The largest absolute Gasteiger partial charge is 0.452 e. The van der Waals surface area contributed by atoms with Crippen molar-refractivity contribution >= 4 is 17.5 Å². The molecule has 4 heteroatoms. The minimum Gasteiger partial charge on any atom is -0.452 e. The summed E-state index contributed by atoms with van der Waals surface area (Å²) in [4.78, 5) is 13.7. The zero-order chi connectivity index (χ0) is 11.4. The molecule has 0 aliphatic carbocycles. The summed E-state index contributed by atoms with van der Waals surface area (Å²) in [7, 11) is 1.79. The van der Waals surface area contributed by atoms with E-state index in [4.69, 9.17) is 16.0 Å². The number of hydrogen-bond acceptors (Lipinski definition) is 2. The lowest BCUT2D eigenvalue weighted by Crippen LogP contribution is -2.36. The molecular formula is C11H16ClNO2. The normalized spacial score (nSPS) is 10.7. The summed E-state index contributed by atoms with van der Waals surface area (Å²) < 4.78 is 4.90. The van der Waals surface area contributed by atoms with Crippen molar-refractivity contribution < 1.29 is 9.21 Å². The molecule has 15 heavy (non-hydrogen) atoms. The third-order valence-electron chi connectivity index (χ3n) is 2.66. The van der Waals surface area contributed by atoms with Gasteiger partial charge in [-0.3, -0.25) is 4.79 Å². The van der Waals surface area contributed by atoms with E-state index in [9.17, 15) is 4.79 Å². The zero-order valence-electron chi connectivity index (χ0n) is 9.29. The lowest BCUT2D eigenvalue weighted by Gasteiger charge is -2.25. The van der Waals surface area contributed by atoms with Crippen LogP contribution in [0.5, 0.6) is 0 Å². The van der Waals surface area contributed by atoms with Crippen molar-refractivity contribution in [2.45, 2.75) is 32.7 Å². The van der Waals surface area contributed by atoms with E-state index in [0.717, 1.165) is 12.8 Å². The van der Waals surface area contributed by atoms with Crippen LogP contribution in [0.25, 0.3) is 0 Å². The molecule has 0 aliphatic heterocycles. The molecule has 1 heterocycles. The van der Waals surface area contributed by atoms with Gasteiger partial charge in [-0.1, -0.05) is 13.8 Å². The highest BCUT2D eigenvalue weighted by molar-refractivity contribution is 6.32. The minimum atomic E-state index is -0.0811. The number of halogens is 1. The molecule has 0 fully saturated rings. The van der Waals surface area contributed by atoms with Gasteiger partial charge in [0, 0.05) is 13.1 Å². The van der Waals surface area contributed by atoms with Crippen LogP contribution < -0.4 is 0 Å². The molecule has 1 rings (SSSR count). The van der Waals surface area contributed by atoms with Crippen molar-refractivity contribution in [1.29, 1.82) is 0 Å². The molecule has 0 bridgehead atoms. The third kappa shape index (κ3) is 2.53. The van der Waals surface area contributed by atoms with E-state index < -0.39 is 0 Å². The van der Waals surface area contributed by atoms with Crippen LogP contribution in [-0.2, 0) is 0 Å². The molecular weight excluding hydrogens is 214 g/mol. The smallest absolute Gasteiger partial charge is 0.258 e. The molecule has 1 aromatic heterocycles. The SMILES string of the molecule is CCC(CC)N(C)C(=O)c1ccoc1Cl. The predicted molar refractivity (Wildman–Crippen MR) is 60.2 cm³/mol. The van der Waals surface area contributed by atoms with E-state index >= 15 is 0 Å². The van der Waals surface area contributed by atoms with Crippen LogP contribution >= 0.6 is 11.6 Å². The Morgan fingerprint density at radius 1 is 1.53 bits per heavy atom. The van der Waals surface area contributed by atoms with E-state index in [2.05, 4.69) is 13.8 Å². The molecule has 0 radical (unpaired) electrons. The van der Waals surface area contributed by atoms with Gasteiger partial charge in [0.25, 0.3) is 5.91 Å². The highest BCUT2D eigenvalue weighted by atomic mass is 35.5. The second-order valence-corrected chi connectivity index (χ2v) is 3.84. The third-order valence-corrected chi connectivity index (χ3v) is 2.95. The average molecular weight is 230 g/mol. The van der Waals surface area contributed by atoms with E-state index in [1.807, 2.05) is 0 Å². The van der Waals surface area contributed by atoms with E-state index in [1.165, 1.54) is 6.26 Å². The Kier molecular flexibility index (Phi) is 4.21. The predicted octanol–water partition coefficient (Wildman–Crippen LogP) is 3.19. The number of amides is 1. The maximum absolute atomic E-state index is 12.0. The summed E-state index contributed by atoms with van der Waals surface area (Å²) in [6, 6.07) is 1.85. The highest BCUT2D eigenvalue weighted by Crippen LogP contribution is 2.20. The second-order valence-electron chi connectivity index (χ2n) is 3.49. The van der Waals surface area contributed by atoms with E-state index in [1.54, 1.807) is 18.0 Å². The lowest BCUT2D eigenvalue weighted by molar-refractivity contribution is 0.0723. The number of carbonyl (C=O) groups is 1. The van der Waals surface area contributed by atoms with Gasteiger partial charge in [-0.05, 0) is 30.5 Å². The molecule has 0 saturated carbocycles. The zero-order valence-corrected chi connectivity index (χ0v) is 10.0. The summed E-state index contributed by atoms with van der Waals surface area (Å²) in [5, 5.41) is 0.165. The number of nitrogens with zero attached hydrogens (tertiary/aromatic N) is 1. The second kappa shape index (κ2) is 5.21. The van der Waals surface area contributed by atoms with Gasteiger partial charge >= 0.3 is 0 Å². The number of rotatable bonds is 4. The van der Waals surface area contributed by atoms with Crippen molar-refractivity contribution in [3.63, 3.8) is 0 Å². The molecule has 0 N–H and O–H groups in total. The summed E-state index contributed by atoms with van der Waals surface area (Å²) in [6.45, 7) is 4.13. The molecule has 3 nitrogen and oxygen atoms in total. The first-order valence-corrected chi connectivity index (χ1v) is 5.49. The Balaban J connectivity index is 2.81. The van der Waals surface area contributed by atoms with Gasteiger partial charge in [0.1, 0.15) is 0 Å². The van der Waals surface area contributed by atoms with Crippen molar-refractivity contribution in [2.75, 3.05) is 7.05 Å². The molecule has 0 unspecified atom stereocenters. The van der Waals surface area contributed by atoms with Crippen molar-refractivity contribution in [3.05, 3.63) is 23.1 Å². The molecule has 1 aromatic rings. The first-order valence-electron chi connectivity index (χ1n) is 5.11. The van der Waals surface area contributed by atoms with Gasteiger partial charge in [0.2, 0.25) is 5.22 Å². The Morgan fingerprint density at radius 3 is 2.53 bits per heavy atom. The van der Waals surface area contributed by atoms with E-state index in [0.29, 0.717) is 5.56 Å². The van der Waals surface area contributed by atoms with Crippen molar-refractivity contribution in [3.8, 4) is 0 Å². The fourth-order valence-electron chi connectivity index (χ4n) is 1.64. The Hall–Kier alpha value is -0.960. The first kappa shape index (κ1) is 12.1. The lowest BCUT2D eigenvalue weighted by atomic mass is 10.1. The van der Waals surface area contributed by atoms with Gasteiger partial charge in [-0.2, -0.15) is 0 Å². The standard InChI is InChI=1S/C11H16ClNO2/c1-4-8(5-2)13(3)11(14)9-6-7-15-10(9)12/h6-8H,4-5H2,1-3H3. The maximum atomic E-state index is 12.0. The van der Waals surface area contributed by atoms with Crippen LogP contribution in [-0.4, -0.2) is 23.9 Å². The summed E-state index contributed by atoms with van der Waals surface area (Å²) in [5.41, 5.74) is 0.436. The van der Waals surface area contributed by atoms with Crippen molar-refractivity contribution in [1.82, 2.24) is 4.90 Å². The molecule has 0 saturated heterocycles. The monoisotopic (exact) mass is 229 g/mol. The van der Waals surface area contributed by atoms with Crippen LogP contribution in [0.15, 0.2) is 16.7 Å². The van der Waals surface area contributed by atoms with Crippen LogP contribution in [0.2, 0.25) is 5.22 Å². The molecule has 84 valence electrons. The molecule has 0 atom stereocenters. The number of carbonyl (C=O) groups excluding carboxylic acids is 1. The summed E-state index contributed by atoms with van der Waals surface area (Å²) >= 11 is 5.76. The maximum Gasteiger partial charge on any atom is 0.258 e. The fraction of sp³-hybridized carbons (Fsp3) is 0.545. The highest BCUT2D eigenvalue weighted by Gasteiger charge is 2.21. The van der Waals surface area contributed by atoms with Crippen LogP contribution in [0, 0.1) is 0 Å². The average Bonchev–Trinajstić information content (AvgIpc) is 2.65. The van der Waals surface area contributed by atoms with Gasteiger partial charge in [0.15, 0.2) is 0 Å². The Morgan fingerprint density at radius 2 is 2.13 bits per heavy atom. The first-order chi connectivity index (χ1) is 7.11. The Labute approximate surface area is 95.0 Å².